The zero-order valence-corrected chi connectivity index (χ0v) is 5.42. The summed E-state index contributed by atoms with van der Waals surface area (Å²) in [6, 6.07) is 0. The van der Waals surface area contributed by atoms with Crippen molar-refractivity contribution < 1.29 is 9.84 Å². The molecule has 1 saturated heterocycles. The average molecular weight is 128 g/mol. The van der Waals surface area contributed by atoms with Gasteiger partial charge in [-0.15, -0.1) is 6.58 Å². The normalized spacial score (nSPS) is 34.8. The van der Waals surface area contributed by atoms with Crippen LogP contribution in [0.5, 0.6) is 0 Å². The second-order valence-electron chi connectivity index (χ2n) is 2.28. The maximum atomic E-state index is 8.69. The van der Waals surface area contributed by atoms with E-state index in [0.29, 0.717) is 5.92 Å². The molecule has 1 fully saturated rings. The second kappa shape index (κ2) is 2.99. The van der Waals surface area contributed by atoms with Crippen LogP contribution >= 0.6 is 0 Å². The molecule has 2 atom stereocenters. The fourth-order valence-corrected chi connectivity index (χ4v) is 1.12. The molecule has 9 heavy (non-hydrogen) atoms. The van der Waals surface area contributed by atoms with E-state index in [1.54, 1.807) is 0 Å². The molecular weight excluding hydrogens is 116 g/mol. The van der Waals surface area contributed by atoms with E-state index < -0.39 is 0 Å². The lowest BCUT2D eigenvalue weighted by Gasteiger charge is -2.09. The van der Waals surface area contributed by atoms with Crippen LogP contribution in [0.4, 0.5) is 0 Å². The first-order chi connectivity index (χ1) is 4.38. The smallest absolute Gasteiger partial charge is 0.0868 e. The molecule has 0 aromatic rings. The Morgan fingerprint density at radius 1 is 1.78 bits per heavy atom. The van der Waals surface area contributed by atoms with Crippen molar-refractivity contribution in [2.24, 2.45) is 5.92 Å². The van der Waals surface area contributed by atoms with E-state index in [1.807, 2.05) is 6.08 Å². The largest absolute Gasteiger partial charge is 0.394 e. The van der Waals surface area contributed by atoms with Crippen molar-refractivity contribution in [1.82, 2.24) is 0 Å². The molecule has 2 nitrogen and oxygen atoms in total. The fourth-order valence-electron chi connectivity index (χ4n) is 1.12. The van der Waals surface area contributed by atoms with Gasteiger partial charge in [-0.1, -0.05) is 6.08 Å². The van der Waals surface area contributed by atoms with E-state index in [0.717, 1.165) is 13.0 Å². The summed E-state index contributed by atoms with van der Waals surface area (Å²) in [6.45, 7) is 4.54. The van der Waals surface area contributed by atoms with Crippen molar-refractivity contribution >= 4 is 0 Å². The minimum atomic E-state index is 0.0162. The summed E-state index contributed by atoms with van der Waals surface area (Å²) in [5, 5.41) is 8.69. The highest BCUT2D eigenvalue weighted by molar-refractivity contribution is 4.88. The van der Waals surface area contributed by atoms with Crippen molar-refractivity contribution in [3.8, 4) is 0 Å². The first-order valence-electron chi connectivity index (χ1n) is 3.23. The molecule has 1 aliphatic heterocycles. The molecule has 52 valence electrons. The maximum absolute atomic E-state index is 8.69. The molecule has 0 aliphatic carbocycles. The Labute approximate surface area is 55.1 Å². The second-order valence-corrected chi connectivity index (χ2v) is 2.28. The Balaban J connectivity index is 2.41. The molecule has 0 bridgehead atoms. The average Bonchev–Trinajstić information content (AvgIpc) is 2.33. The molecule has 2 heteroatoms. The zero-order valence-electron chi connectivity index (χ0n) is 5.42. The van der Waals surface area contributed by atoms with E-state index in [9.17, 15) is 0 Å². The zero-order chi connectivity index (χ0) is 6.69. The Bertz CT molecular complexity index is 101. The van der Waals surface area contributed by atoms with E-state index in [1.165, 1.54) is 0 Å². The molecule has 0 amide bonds. The van der Waals surface area contributed by atoms with Crippen LogP contribution in [-0.2, 0) is 4.74 Å². The van der Waals surface area contributed by atoms with Gasteiger partial charge in [0.25, 0.3) is 0 Å². The number of hydrogen-bond donors (Lipinski definition) is 1. The van der Waals surface area contributed by atoms with Crippen LogP contribution in [0.1, 0.15) is 6.42 Å². The third kappa shape index (κ3) is 1.32. The van der Waals surface area contributed by atoms with Crippen molar-refractivity contribution in [2.75, 3.05) is 13.2 Å². The lowest BCUT2D eigenvalue weighted by molar-refractivity contribution is 0.0476. The fraction of sp³-hybridized carbons (Fsp3) is 0.714. The molecular formula is C7H12O2. The van der Waals surface area contributed by atoms with Crippen LogP contribution in [0, 0.1) is 5.92 Å². The minimum absolute atomic E-state index is 0.0162. The van der Waals surface area contributed by atoms with Gasteiger partial charge in [-0.3, -0.25) is 0 Å². The lowest BCUT2D eigenvalue weighted by atomic mass is 10.0. The van der Waals surface area contributed by atoms with Gasteiger partial charge in [0.1, 0.15) is 0 Å². The highest BCUT2D eigenvalue weighted by Gasteiger charge is 2.24. The van der Waals surface area contributed by atoms with Gasteiger partial charge < -0.3 is 9.84 Å². The third-order valence-electron chi connectivity index (χ3n) is 1.74. The summed E-state index contributed by atoms with van der Waals surface area (Å²) in [4.78, 5) is 0. The van der Waals surface area contributed by atoms with Gasteiger partial charge in [0.05, 0.1) is 12.7 Å². The molecule has 1 heterocycles. The van der Waals surface area contributed by atoms with Gasteiger partial charge in [0.15, 0.2) is 0 Å². The van der Waals surface area contributed by atoms with E-state index in [2.05, 4.69) is 6.58 Å². The standard InChI is InChI=1S/C7H12O2/c1-2-6-3-4-9-7(6)5-8/h2,6-8H,1,3-5H2. The van der Waals surface area contributed by atoms with Crippen molar-refractivity contribution in [3.05, 3.63) is 12.7 Å². The molecule has 0 radical (unpaired) electrons. The predicted molar refractivity (Wildman–Crippen MR) is 35.1 cm³/mol. The Morgan fingerprint density at radius 2 is 2.56 bits per heavy atom. The number of rotatable bonds is 2. The summed E-state index contributed by atoms with van der Waals surface area (Å²) < 4.78 is 5.18. The van der Waals surface area contributed by atoms with Crippen LogP contribution in [0.3, 0.4) is 0 Å². The Hall–Kier alpha value is -0.340. The van der Waals surface area contributed by atoms with Crippen LogP contribution in [0.25, 0.3) is 0 Å². The van der Waals surface area contributed by atoms with Gasteiger partial charge >= 0.3 is 0 Å². The van der Waals surface area contributed by atoms with Crippen molar-refractivity contribution in [2.45, 2.75) is 12.5 Å². The van der Waals surface area contributed by atoms with Crippen molar-refractivity contribution in [3.63, 3.8) is 0 Å². The van der Waals surface area contributed by atoms with Gasteiger partial charge in [-0.25, -0.2) is 0 Å². The summed E-state index contributed by atoms with van der Waals surface area (Å²) in [5.74, 6) is 0.370. The van der Waals surface area contributed by atoms with Crippen molar-refractivity contribution in [1.29, 1.82) is 0 Å². The summed E-state index contributed by atoms with van der Waals surface area (Å²) in [5.41, 5.74) is 0. The predicted octanol–water partition coefficient (Wildman–Crippen LogP) is 0.570. The van der Waals surface area contributed by atoms with E-state index in [-0.39, 0.29) is 12.7 Å². The lowest BCUT2D eigenvalue weighted by Crippen LogP contribution is -2.18. The molecule has 2 unspecified atom stereocenters. The summed E-state index contributed by atoms with van der Waals surface area (Å²) in [6.07, 6.45) is 2.88. The number of aliphatic hydroxyl groups is 1. The number of aliphatic hydroxyl groups excluding tert-OH is 1. The quantitative estimate of drug-likeness (QED) is 0.551. The van der Waals surface area contributed by atoms with Crippen LogP contribution < -0.4 is 0 Å². The number of ether oxygens (including phenoxy) is 1. The monoisotopic (exact) mass is 128 g/mol. The van der Waals surface area contributed by atoms with E-state index >= 15 is 0 Å². The molecule has 1 aliphatic rings. The van der Waals surface area contributed by atoms with Crippen LogP contribution in [-0.4, -0.2) is 24.4 Å². The van der Waals surface area contributed by atoms with Crippen LogP contribution in [0.15, 0.2) is 12.7 Å². The minimum Gasteiger partial charge on any atom is -0.394 e. The first kappa shape index (κ1) is 6.78. The molecule has 1 rings (SSSR count). The maximum Gasteiger partial charge on any atom is 0.0868 e. The van der Waals surface area contributed by atoms with E-state index in [4.69, 9.17) is 9.84 Å². The van der Waals surface area contributed by atoms with Gasteiger partial charge in [-0.05, 0) is 6.42 Å². The topological polar surface area (TPSA) is 29.5 Å². The van der Waals surface area contributed by atoms with Crippen LogP contribution in [0.2, 0.25) is 0 Å². The third-order valence-corrected chi connectivity index (χ3v) is 1.74. The molecule has 0 saturated carbocycles. The van der Waals surface area contributed by atoms with Gasteiger partial charge in [0.2, 0.25) is 0 Å². The summed E-state index contributed by atoms with van der Waals surface area (Å²) in [7, 11) is 0. The molecule has 0 aromatic carbocycles. The highest BCUT2D eigenvalue weighted by Crippen LogP contribution is 2.20. The highest BCUT2D eigenvalue weighted by atomic mass is 16.5. The summed E-state index contributed by atoms with van der Waals surface area (Å²) >= 11 is 0. The SMILES string of the molecule is C=CC1CCOC1CO. The molecule has 1 N–H and O–H groups in total. The first-order valence-corrected chi connectivity index (χ1v) is 3.23. The van der Waals surface area contributed by atoms with Gasteiger partial charge in [0, 0.05) is 12.5 Å². The van der Waals surface area contributed by atoms with Gasteiger partial charge in [-0.2, -0.15) is 0 Å². The number of hydrogen-bond acceptors (Lipinski definition) is 2. The Kier molecular flexibility index (Phi) is 2.25. The Morgan fingerprint density at radius 3 is 3.00 bits per heavy atom. The molecule has 0 spiro atoms. The molecule has 0 aromatic heterocycles.